The van der Waals surface area contributed by atoms with Crippen molar-refractivity contribution in [2.75, 3.05) is 20.3 Å². The maximum absolute atomic E-state index is 13.7. The largest absolute Gasteiger partial charge is 0.467 e. The molecule has 2 saturated heterocycles. The first-order valence-corrected chi connectivity index (χ1v) is 25.8. The van der Waals surface area contributed by atoms with Crippen LogP contribution in [0.1, 0.15) is 74.2 Å². The van der Waals surface area contributed by atoms with Crippen molar-refractivity contribution < 1.29 is 46.7 Å². The Morgan fingerprint density at radius 3 is 1.65 bits per heavy atom. The Kier molecular flexibility index (Phi) is 12.5. The second kappa shape index (κ2) is 14.7. The topological polar surface area (TPSA) is 134 Å². The predicted molar refractivity (Wildman–Crippen MR) is 195 cm³/mol. The van der Waals surface area contributed by atoms with Gasteiger partial charge < -0.3 is 37.0 Å². The lowest BCUT2D eigenvalue weighted by molar-refractivity contribution is -0.387. The molecule has 0 aliphatic carbocycles. The summed E-state index contributed by atoms with van der Waals surface area (Å²) < 4.78 is 50.9. The summed E-state index contributed by atoms with van der Waals surface area (Å²) in [5.74, 6) is -0.716. The summed E-state index contributed by atoms with van der Waals surface area (Å²) in [7, 11) is -6.48. The van der Waals surface area contributed by atoms with Gasteiger partial charge in [-0.3, -0.25) is 10.1 Å². The zero-order valence-electron chi connectivity index (χ0n) is 32.5. The maximum Gasteiger partial charge on any atom is 0.337 e. The Bertz CT molecular complexity index is 1330. The molecule has 0 N–H and O–H groups in total. The molecule has 2 aliphatic rings. The third-order valence-electron chi connectivity index (χ3n) is 11.0. The van der Waals surface area contributed by atoms with Crippen LogP contribution in [0.4, 0.5) is 5.69 Å². The standard InChI is InChI=1S/C34H61NO11Si3/c1-32(2,3)47(11,12)44-25-26(45-48(13,14)33(4,5)6)28(46-49(15,16)34(7,8)9)31(43-27(25)29(36)39-10)42-24-18-17-22(21-23(24)35(37)38)30-40-19-20-41-30/h17-18,21,25-28,30-31H,19-20H2,1-16H3/t25-,26+,27+,28-,31-/m1/s1. The Balaban J connectivity index is 2.28. The monoisotopic (exact) mass is 743 g/mol. The van der Waals surface area contributed by atoms with Crippen LogP contribution in [-0.2, 0) is 37.0 Å². The van der Waals surface area contributed by atoms with Crippen molar-refractivity contribution in [1.82, 2.24) is 0 Å². The van der Waals surface area contributed by atoms with E-state index in [9.17, 15) is 14.9 Å². The fraction of sp³-hybridized carbons (Fsp3) is 0.794. The molecule has 49 heavy (non-hydrogen) atoms. The molecule has 2 aliphatic heterocycles. The lowest BCUT2D eigenvalue weighted by Gasteiger charge is -2.53. The van der Waals surface area contributed by atoms with Crippen LogP contribution >= 0.6 is 0 Å². The normalized spacial score (nSPS) is 24.9. The molecule has 5 atom stereocenters. The highest BCUT2D eigenvalue weighted by Crippen LogP contribution is 2.47. The summed E-state index contributed by atoms with van der Waals surface area (Å²) in [5.41, 5.74) is 0.187. The van der Waals surface area contributed by atoms with E-state index in [1.807, 2.05) is 0 Å². The zero-order valence-corrected chi connectivity index (χ0v) is 35.5. The van der Waals surface area contributed by atoms with E-state index in [2.05, 4.69) is 102 Å². The molecule has 12 nitrogen and oxygen atoms in total. The molecular weight excluding hydrogens is 683 g/mol. The average Bonchev–Trinajstić information content (AvgIpc) is 3.48. The van der Waals surface area contributed by atoms with E-state index in [1.165, 1.54) is 19.2 Å². The number of nitro groups is 1. The van der Waals surface area contributed by atoms with Crippen molar-refractivity contribution in [1.29, 1.82) is 0 Å². The minimum atomic E-state index is -2.61. The highest BCUT2D eigenvalue weighted by Gasteiger charge is 2.59. The summed E-state index contributed by atoms with van der Waals surface area (Å²) in [5, 5.41) is 11.8. The molecule has 0 bridgehead atoms. The van der Waals surface area contributed by atoms with E-state index in [0.717, 1.165) is 0 Å². The number of methoxy groups -OCH3 is 1. The van der Waals surface area contributed by atoms with Gasteiger partial charge in [-0.05, 0) is 66.5 Å². The number of carbonyl (C=O) groups is 1. The Hall–Kier alpha value is -1.70. The van der Waals surface area contributed by atoms with E-state index in [4.69, 9.17) is 37.0 Å². The summed E-state index contributed by atoms with van der Waals surface area (Å²) in [6.07, 6.45) is -5.96. The van der Waals surface area contributed by atoms with Crippen LogP contribution in [0.25, 0.3) is 0 Å². The smallest absolute Gasteiger partial charge is 0.337 e. The van der Waals surface area contributed by atoms with Gasteiger partial charge in [0.15, 0.2) is 43.1 Å². The fourth-order valence-electron chi connectivity index (χ4n) is 4.75. The van der Waals surface area contributed by atoms with Crippen LogP contribution in [0, 0.1) is 10.1 Å². The summed E-state index contributed by atoms with van der Waals surface area (Å²) >= 11 is 0. The summed E-state index contributed by atoms with van der Waals surface area (Å²) in [6, 6.07) is 4.54. The van der Waals surface area contributed by atoms with Gasteiger partial charge in [-0.2, -0.15) is 0 Å². The van der Waals surface area contributed by atoms with Crippen molar-refractivity contribution in [2.45, 2.75) is 154 Å². The van der Waals surface area contributed by atoms with Crippen molar-refractivity contribution in [3.8, 4) is 5.75 Å². The molecule has 2 heterocycles. The van der Waals surface area contributed by atoms with Crippen LogP contribution < -0.4 is 4.74 Å². The van der Waals surface area contributed by atoms with E-state index in [-0.39, 0.29) is 26.6 Å². The van der Waals surface area contributed by atoms with Gasteiger partial charge in [0.2, 0.25) is 6.29 Å². The number of carbonyl (C=O) groups excluding carboxylic acids is 1. The number of benzene rings is 1. The van der Waals surface area contributed by atoms with Gasteiger partial charge in [-0.25, -0.2) is 4.79 Å². The van der Waals surface area contributed by atoms with Gasteiger partial charge in [0.05, 0.1) is 25.2 Å². The lowest BCUT2D eigenvalue weighted by Crippen LogP contribution is -2.69. The Morgan fingerprint density at radius 2 is 1.22 bits per heavy atom. The molecule has 280 valence electrons. The quantitative estimate of drug-likeness (QED) is 0.0942. The molecule has 0 radical (unpaired) electrons. The third-order valence-corrected chi connectivity index (χ3v) is 24.4. The first kappa shape index (κ1) is 41.7. The molecule has 0 unspecified atom stereocenters. The second-order valence-electron chi connectivity index (χ2n) is 17.7. The minimum Gasteiger partial charge on any atom is -0.467 e. The van der Waals surface area contributed by atoms with E-state index < -0.39 is 72.8 Å². The van der Waals surface area contributed by atoms with Crippen LogP contribution in [0.15, 0.2) is 18.2 Å². The minimum absolute atomic E-state index is 0.0564. The molecule has 0 spiro atoms. The summed E-state index contributed by atoms with van der Waals surface area (Å²) in [6.45, 7) is 32.7. The van der Waals surface area contributed by atoms with Crippen molar-refractivity contribution in [3.05, 3.63) is 33.9 Å². The van der Waals surface area contributed by atoms with E-state index >= 15 is 0 Å². The van der Waals surface area contributed by atoms with Crippen LogP contribution in [0.2, 0.25) is 54.4 Å². The van der Waals surface area contributed by atoms with Crippen LogP contribution in [-0.4, -0.2) is 86.9 Å². The van der Waals surface area contributed by atoms with E-state index in [0.29, 0.717) is 18.8 Å². The Morgan fingerprint density at radius 1 is 0.776 bits per heavy atom. The van der Waals surface area contributed by atoms with Crippen molar-refractivity contribution in [3.63, 3.8) is 0 Å². The first-order valence-electron chi connectivity index (χ1n) is 17.1. The summed E-state index contributed by atoms with van der Waals surface area (Å²) in [4.78, 5) is 25.6. The molecule has 1 aromatic rings. The van der Waals surface area contributed by atoms with Crippen LogP contribution in [0.3, 0.4) is 0 Å². The number of nitrogens with zero attached hydrogens (tertiary/aromatic N) is 1. The fourth-order valence-corrected chi connectivity index (χ4v) is 8.62. The average molecular weight is 744 g/mol. The SMILES string of the molecule is COC(=O)[C@H]1O[C@@H](Oc2ccc(C3OCCO3)cc2[N+](=O)[O-])[C@H](O[Si](C)(C)C(C)(C)C)[C@@H](O[Si](C)(C)C(C)(C)C)[C@H]1O[Si](C)(C)C(C)(C)C. The molecule has 15 heteroatoms. The number of hydrogen-bond donors (Lipinski definition) is 0. The molecule has 1 aromatic carbocycles. The second-order valence-corrected chi connectivity index (χ2v) is 31.9. The highest BCUT2D eigenvalue weighted by molar-refractivity contribution is 6.75. The lowest BCUT2D eigenvalue weighted by atomic mass is 9.99. The van der Waals surface area contributed by atoms with Crippen molar-refractivity contribution >= 4 is 36.6 Å². The maximum atomic E-state index is 13.7. The van der Waals surface area contributed by atoms with Crippen LogP contribution in [0.5, 0.6) is 5.75 Å². The number of esters is 1. The van der Waals surface area contributed by atoms with E-state index in [1.54, 1.807) is 6.07 Å². The molecule has 0 saturated carbocycles. The number of hydrogen-bond acceptors (Lipinski definition) is 11. The molecule has 0 amide bonds. The molecule has 3 rings (SSSR count). The van der Waals surface area contributed by atoms with Gasteiger partial charge in [-0.15, -0.1) is 0 Å². The first-order chi connectivity index (χ1) is 22.1. The number of ether oxygens (including phenoxy) is 5. The number of nitro benzene ring substituents is 1. The van der Waals surface area contributed by atoms with Crippen molar-refractivity contribution in [2.24, 2.45) is 0 Å². The highest BCUT2D eigenvalue weighted by atomic mass is 28.4. The number of rotatable bonds is 11. The van der Waals surface area contributed by atoms with Gasteiger partial charge in [0.25, 0.3) is 0 Å². The van der Waals surface area contributed by atoms with Gasteiger partial charge in [0.1, 0.15) is 18.3 Å². The predicted octanol–water partition coefficient (Wildman–Crippen LogP) is 8.09. The van der Waals surface area contributed by atoms with Gasteiger partial charge in [0, 0.05) is 11.6 Å². The Labute approximate surface area is 296 Å². The molecule has 2 fully saturated rings. The third kappa shape index (κ3) is 9.40. The van der Waals surface area contributed by atoms with Gasteiger partial charge >= 0.3 is 11.7 Å². The van der Waals surface area contributed by atoms with Gasteiger partial charge in [-0.1, -0.05) is 62.3 Å². The zero-order chi connectivity index (χ0) is 37.5. The molecule has 0 aromatic heterocycles. The molecular formula is C34H61NO11Si3.